The quantitative estimate of drug-likeness (QED) is 0.216. The van der Waals surface area contributed by atoms with E-state index in [4.69, 9.17) is 9.47 Å². The fraction of sp³-hybridized carbons (Fsp3) is 0.909. The van der Waals surface area contributed by atoms with E-state index in [-0.39, 0.29) is 18.4 Å². The van der Waals surface area contributed by atoms with Crippen molar-refractivity contribution in [2.45, 2.75) is 117 Å². The Bertz CT molecular complexity index is 443. The standard InChI is InChI=1S/C22H47NO4Si2/c1-9-17-26-21(24)19-20(22(25)27-18-10-2)23(28(11-3,12-4)13-5)29(14-6,15-7)16-8/h20H,9-19H2,1-8H3. The van der Waals surface area contributed by atoms with Crippen molar-refractivity contribution in [2.75, 3.05) is 13.2 Å². The third-order valence-electron chi connectivity index (χ3n) is 6.83. The van der Waals surface area contributed by atoms with Crippen molar-refractivity contribution in [1.29, 1.82) is 0 Å². The zero-order chi connectivity index (χ0) is 22.5. The molecule has 0 spiro atoms. The van der Waals surface area contributed by atoms with Crippen LogP contribution in [0.3, 0.4) is 0 Å². The van der Waals surface area contributed by atoms with Gasteiger partial charge in [-0.2, -0.15) is 0 Å². The Kier molecular flexibility index (Phi) is 14.0. The topological polar surface area (TPSA) is 55.8 Å². The van der Waals surface area contributed by atoms with Gasteiger partial charge in [0.05, 0.1) is 19.6 Å². The number of hydrogen-bond acceptors (Lipinski definition) is 5. The van der Waals surface area contributed by atoms with Crippen LogP contribution in [0.4, 0.5) is 0 Å². The molecule has 0 N–H and O–H groups in total. The van der Waals surface area contributed by atoms with E-state index in [1.54, 1.807) is 0 Å². The first-order valence-electron chi connectivity index (χ1n) is 11.9. The van der Waals surface area contributed by atoms with Gasteiger partial charge in [0.1, 0.15) is 22.5 Å². The van der Waals surface area contributed by atoms with E-state index in [1.807, 2.05) is 13.8 Å². The molecule has 1 atom stereocenters. The second kappa shape index (κ2) is 14.4. The molecule has 0 fully saturated rings. The lowest BCUT2D eigenvalue weighted by Crippen LogP contribution is -2.71. The summed E-state index contributed by atoms with van der Waals surface area (Å²) in [4.78, 5) is 26.0. The van der Waals surface area contributed by atoms with Gasteiger partial charge in [0.25, 0.3) is 0 Å². The van der Waals surface area contributed by atoms with Crippen LogP contribution in [0.15, 0.2) is 0 Å². The predicted octanol–water partition coefficient (Wildman–Crippen LogP) is 5.96. The Hall–Kier alpha value is -0.666. The van der Waals surface area contributed by atoms with Crippen molar-refractivity contribution in [3.05, 3.63) is 0 Å². The Labute approximate surface area is 182 Å². The van der Waals surface area contributed by atoms with Gasteiger partial charge in [0, 0.05) is 0 Å². The number of carbonyl (C=O) groups is 2. The summed E-state index contributed by atoms with van der Waals surface area (Å²) in [6, 6.07) is 6.07. The molecule has 0 saturated heterocycles. The number of rotatable bonds is 16. The van der Waals surface area contributed by atoms with Crippen molar-refractivity contribution < 1.29 is 19.1 Å². The van der Waals surface area contributed by atoms with E-state index in [9.17, 15) is 9.59 Å². The number of nitrogens with zero attached hydrogens (tertiary/aromatic N) is 1. The predicted molar refractivity (Wildman–Crippen MR) is 127 cm³/mol. The van der Waals surface area contributed by atoms with Gasteiger partial charge < -0.3 is 13.7 Å². The summed E-state index contributed by atoms with van der Waals surface area (Å²) in [5, 5.41) is 0. The lowest BCUT2D eigenvalue weighted by Gasteiger charge is -2.54. The van der Waals surface area contributed by atoms with Crippen molar-refractivity contribution in [3.8, 4) is 0 Å². The Balaban J connectivity index is 6.42. The molecule has 0 bridgehead atoms. The first-order valence-corrected chi connectivity index (χ1v) is 17.1. The van der Waals surface area contributed by atoms with Gasteiger partial charge in [0.2, 0.25) is 0 Å². The number of esters is 2. The fourth-order valence-corrected chi connectivity index (χ4v) is 18.3. The maximum absolute atomic E-state index is 13.3. The molecule has 5 nitrogen and oxygen atoms in total. The minimum absolute atomic E-state index is 0.117. The molecular weight excluding hydrogens is 398 g/mol. The average molecular weight is 446 g/mol. The monoisotopic (exact) mass is 445 g/mol. The van der Waals surface area contributed by atoms with Crippen molar-refractivity contribution in [3.63, 3.8) is 0 Å². The molecule has 0 aromatic rings. The Morgan fingerprint density at radius 2 is 1.07 bits per heavy atom. The molecule has 29 heavy (non-hydrogen) atoms. The smallest absolute Gasteiger partial charge is 0.322 e. The minimum Gasteiger partial charge on any atom is -0.466 e. The van der Waals surface area contributed by atoms with Crippen LogP contribution in [0.2, 0.25) is 36.3 Å². The second-order valence-corrected chi connectivity index (χ2v) is 18.6. The highest BCUT2D eigenvalue weighted by atomic mass is 28.4. The van der Waals surface area contributed by atoms with E-state index in [0.29, 0.717) is 13.2 Å². The highest BCUT2D eigenvalue weighted by Crippen LogP contribution is 2.38. The normalized spacial score (nSPS) is 13.4. The van der Waals surface area contributed by atoms with Crippen LogP contribution in [-0.2, 0) is 19.1 Å². The highest BCUT2D eigenvalue weighted by Gasteiger charge is 2.52. The summed E-state index contributed by atoms with van der Waals surface area (Å²) >= 11 is 0. The number of ether oxygens (including phenoxy) is 2. The molecule has 0 aliphatic rings. The van der Waals surface area contributed by atoms with Gasteiger partial charge in [-0.25, -0.2) is 0 Å². The van der Waals surface area contributed by atoms with Crippen molar-refractivity contribution >= 4 is 28.4 Å². The molecule has 1 unspecified atom stereocenters. The van der Waals surface area contributed by atoms with Crippen LogP contribution in [0, 0.1) is 0 Å². The van der Waals surface area contributed by atoms with Crippen LogP contribution in [0.5, 0.6) is 0 Å². The van der Waals surface area contributed by atoms with Crippen molar-refractivity contribution in [1.82, 2.24) is 4.23 Å². The molecule has 0 heterocycles. The summed E-state index contributed by atoms with van der Waals surface area (Å²) in [5.74, 6) is -0.493. The van der Waals surface area contributed by atoms with Gasteiger partial charge in [-0.3, -0.25) is 9.59 Å². The molecule has 0 amide bonds. The Morgan fingerprint density at radius 3 is 1.41 bits per heavy atom. The zero-order valence-corrected chi connectivity index (χ0v) is 22.4. The summed E-state index contributed by atoms with van der Waals surface area (Å²) in [7, 11) is -3.84. The number of carbonyl (C=O) groups excluding carboxylic acids is 2. The Morgan fingerprint density at radius 1 is 0.690 bits per heavy atom. The van der Waals surface area contributed by atoms with Crippen LogP contribution in [0.25, 0.3) is 0 Å². The van der Waals surface area contributed by atoms with Crippen LogP contribution < -0.4 is 0 Å². The van der Waals surface area contributed by atoms with Gasteiger partial charge in [0.15, 0.2) is 0 Å². The largest absolute Gasteiger partial charge is 0.466 e. The summed E-state index contributed by atoms with van der Waals surface area (Å²) < 4.78 is 13.7. The summed E-state index contributed by atoms with van der Waals surface area (Å²) in [6.07, 6.45) is 1.69. The highest BCUT2D eigenvalue weighted by molar-refractivity contribution is 6.93. The number of hydrogen-bond donors (Lipinski definition) is 0. The van der Waals surface area contributed by atoms with Gasteiger partial charge in [-0.15, -0.1) is 0 Å². The van der Waals surface area contributed by atoms with Crippen LogP contribution in [0.1, 0.15) is 74.7 Å². The molecule has 0 aliphatic heterocycles. The van der Waals surface area contributed by atoms with Gasteiger partial charge >= 0.3 is 11.9 Å². The fourth-order valence-electron chi connectivity index (χ4n) is 4.70. The van der Waals surface area contributed by atoms with E-state index >= 15 is 0 Å². The summed E-state index contributed by atoms with van der Waals surface area (Å²) in [5.41, 5.74) is 0. The first kappa shape index (κ1) is 28.3. The van der Waals surface area contributed by atoms with Gasteiger partial charge in [-0.1, -0.05) is 55.4 Å². The van der Waals surface area contributed by atoms with Crippen molar-refractivity contribution in [2.24, 2.45) is 0 Å². The summed E-state index contributed by atoms with van der Waals surface area (Å²) in [6.45, 7) is 18.4. The molecular formula is C22H47NO4Si2. The van der Waals surface area contributed by atoms with Gasteiger partial charge in [-0.05, 0) is 49.1 Å². The molecule has 172 valence electrons. The third-order valence-corrected chi connectivity index (χ3v) is 20.2. The molecule has 0 aromatic heterocycles. The molecule has 0 rings (SSSR count). The zero-order valence-electron chi connectivity index (χ0n) is 20.4. The van der Waals surface area contributed by atoms with Crippen LogP contribution >= 0.6 is 0 Å². The SMILES string of the molecule is CCCOC(=O)CC(C(=O)OCCC)N([Si](CC)(CC)CC)[Si](CC)(CC)CC. The maximum atomic E-state index is 13.3. The lowest BCUT2D eigenvalue weighted by atomic mass is 10.2. The van der Waals surface area contributed by atoms with E-state index < -0.39 is 22.5 Å². The molecule has 0 radical (unpaired) electrons. The first-order chi connectivity index (χ1) is 13.8. The third kappa shape index (κ3) is 7.21. The van der Waals surface area contributed by atoms with E-state index in [0.717, 1.165) is 49.1 Å². The lowest BCUT2D eigenvalue weighted by molar-refractivity contribution is -0.154. The molecule has 0 saturated carbocycles. The van der Waals surface area contributed by atoms with Crippen LogP contribution in [-0.4, -0.2) is 51.9 Å². The second-order valence-electron chi connectivity index (χ2n) is 8.05. The van der Waals surface area contributed by atoms with E-state index in [2.05, 4.69) is 45.8 Å². The molecule has 0 aromatic carbocycles. The molecule has 0 aliphatic carbocycles. The van der Waals surface area contributed by atoms with E-state index in [1.165, 1.54) is 0 Å². The maximum Gasteiger partial charge on any atom is 0.322 e. The molecule has 7 heteroatoms. The average Bonchev–Trinajstić information content (AvgIpc) is 2.76. The minimum atomic E-state index is -1.92.